The van der Waals surface area contributed by atoms with E-state index in [1.165, 1.54) is 0 Å². The molecule has 0 saturated carbocycles. The van der Waals surface area contributed by atoms with Gasteiger partial charge in [-0.3, -0.25) is 4.79 Å². The number of carbonyl (C=O) groups excluding carboxylic acids is 1. The van der Waals surface area contributed by atoms with Crippen molar-refractivity contribution in [2.75, 3.05) is 6.54 Å². The topological polar surface area (TPSA) is 20.3 Å². The third-order valence-corrected chi connectivity index (χ3v) is 2.85. The van der Waals surface area contributed by atoms with Crippen molar-refractivity contribution in [3.63, 3.8) is 0 Å². The predicted octanol–water partition coefficient (Wildman–Crippen LogP) is 2.23. The molecule has 2 heteroatoms. The Bertz CT molecular complexity index is 359. The Morgan fingerprint density at radius 1 is 1.50 bits per heavy atom. The maximum atomic E-state index is 11.9. The molecule has 1 fully saturated rings. The summed E-state index contributed by atoms with van der Waals surface area (Å²) in [6.45, 7) is 5.02. The highest BCUT2D eigenvalue weighted by atomic mass is 16.2. The first-order valence-corrected chi connectivity index (χ1v) is 5.06. The molecule has 0 spiro atoms. The fourth-order valence-electron chi connectivity index (χ4n) is 1.76. The molecule has 0 bridgehead atoms. The van der Waals surface area contributed by atoms with Crippen LogP contribution in [0, 0.1) is 6.92 Å². The van der Waals surface area contributed by atoms with Gasteiger partial charge in [0.1, 0.15) is 0 Å². The van der Waals surface area contributed by atoms with Crippen LogP contribution >= 0.6 is 0 Å². The van der Waals surface area contributed by atoms with Gasteiger partial charge in [0.2, 0.25) is 0 Å². The smallest absolute Gasteiger partial charge is 0.254 e. The molecular weight excluding hydrogens is 174 g/mol. The van der Waals surface area contributed by atoms with Crippen molar-refractivity contribution in [2.45, 2.75) is 26.3 Å². The monoisotopic (exact) mass is 189 g/mol. The molecule has 1 atom stereocenters. The van der Waals surface area contributed by atoms with Gasteiger partial charge in [-0.15, -0.1) is 0 Å². The van der Waals surface area contributed by atoms with Crippen LogP contribution in [0.15, 0.2) is 24.3 Å². The Morgan fingerprint density at radius 3 is 2.79 bits per heavy atom. The van der Waals surface area contributed by atoms with E-state index >= 15 is 0 Å². The van der Waals surface area contributed by atoms with E-state index in [-0.39, 0.29) is 5.91 Å². The van der Waals surface area contributed by atoms with E-state index in [9.17, 15) is 4.79 Å². The molecule has 1 aromatic rings. The highest BCUT2D eigenvalue weighted by molar-refractivity contribution is 5.95. The fraction of sp³-hybridized carbons (Fsp3) is 0.417. The van der Waals surface area contributed by atoms with E-state index in [4.69, 9.17) is 0 Å². The number of hydrogen-bond acceptors (Lipinski definition) is 1. The molecule has 1 aliphatic rings. The fourth-order valence-corrected chi connectivity index (χ4v) is 1.76. The lowest BCUT2D eigenvalue weighted by Crippen LogP contribution is -2.49. The summed E-state index contributed by atoms with van der Waals surface area (Å²) in [7, 11) is 0. The summed E-state index contributed by atoms with van der Waals surface area (Å²) in [5.74, 6) is 0.174. The van der Waals surface area contributed by atoms with E-state index in [0.29, 0.717) is 6.04 Å². The van der Waals surface area contributed by atoms with Crippen molar-refractivity contribution in [3.05, 3.63) is 35.4 Å². The van der Waals surface area contributed by atoms with Crippen molar-refractivity contribution >= 4 is 5.91 Å². The molecule has 0 N–H and O–H groups in total. The predicted molar refractivity (Wildman–Crippen MR) is 56.3 cm³/mol. The van der Waals surface area contributed by atoms with E-state index < -0.39 is 0 Å². The van der Waals surface area contributed by atoms with E-state index in [0.717, 1.165) is 24.1 Å². The zero-order valence-corrected chi connectivity index (χ0v) is 8.66. The van der Waals surface area contributed by atoms with Crippen molar-refractivity contribution in [1.29, 1.82) is 0 Å². The first-order valence-electron chi connectivity index (χ1n) is 5.06. The summed E-state index contributed by atoms with van der Waals surface area (Å²) in [5.41, 5.74) is 1.96. The SMILES string of the molecule is Cc1cccc(C(=O)N2CCC2C)c1. The molecule has 1 saturated heterocycles. The molecule has 2 nitrogen and oxygen atoms in total. The lowest BCUT2D eigenvalue weighted by molar-refractivity contribution is 0.0502. The average Bonchev–Trinajstić information content (AvgIpc) is 2.15. The molecule has 1 amide bonds. The van der Waals surface area contributed by atoms with Crippen LogP contribution in [-0.4, -0.2) is 23.4 Å². The maximum absolute atomic E-state index is 11.9. The van der Waals surface area contributed by atoms with Gasteiger partial charge in [-0.1, -0.05) is 17.7 Å². The van der Waals surface area contributed by atoms with Crippen molar-refractivity contribution in [1.82, 2.24) is 4.90 Å². The minimum absolute atomic E-state index is 0.174. The Kier molecular flexibility index (Phi) is 2.28. The second-order valence-electron chi connectivity index (χ2n) is 4.01. The van der Waals surface area contributed by atoms with Crippen LogP contribution in [0.4, 0.5) is 0 Å². The minimum atomic E-state index is 0.174. The second-order valence-corrected chi connectivity index (χ2v) is 4.01. The van der Waals surface area contributed by atoms with Crippen molar-refractivity contribution in [2.24, 2.45) is 0 Å². The van der Waals surface area contributed by atoms with Gasteiger partial charge in [-0.25, -0.2) is 0 Å². The van der Waals surface area contributed by atoms with Gasteiger partial charge >= 0.3 is 0 Å². The number of rotatable bonds is 1. The molecule has 1 heterocycles. The Balaban J connectivity index is 2.19. The standard InChI is InChI=1S/C12H15NO/c1-9-4-3-5-11(8-9)12(14)13-7-6-10(13)2/h3-5,8,10H,6-7H2,1-2H3. The van der Waals surface area contributed by atoms with E-state index in [1.54, 1.807) is 0 Å². The molecule has 1 aliphatic heterocycles. The van der Waals surface area contributed by atoms with Gasteiger partial charge in [-0.05, 0) is 32.4 Å². The lowest BCUT2D eigenvalue weighted by atomic mass is 10.0. The largest absolute Gasteiger partial charge is 0.336 e. The Labute approximate surface area is 84.5 Å². The van der Waals surface area contributed by atoms with Gasteiger partial charge in [0, 0.05) is 18.2 Å². The maximum Gasteiger partial charge on any atom is 0.254 e. The van der Waals surface area contributed by atoms with Crippen LogP contribution in [0.2, 0.25) is 0 Å². The first kappa shape index (κ1) is 9.25. The highest BCUT2D eigenvalue weighted by Crippen LogP contribution is 2.19. The van der Waals surface area contributed by atoms with Crippen LogP contribution in [-0.2, 0) is 0 Å². The number of hydrogen-bond donors (Lipinski definition) is 0. The van der Waals surface area contributed by atoms with Crippen LogP contribution in [0.25, 0.3) is 0 Å². The van der Waals surface area contributed by atoms with Crippen LogP contribution in [0.5, 0.6) is 0 Å². The van der Waals surface area contributed by atoms with Gasteiger partial charge in [0.25, 0.3) is 5.91 Å². The molecular formula is C12H15NO. The van der Waals surface area contributed by atoms with Gasteiger partial charge in [-0.2, -0.15) is 0 Å². The van der Waals surface area contributed by atoms with E-state index in [1.807, 2.05) is 36.1 Å². The average molecular weight is 189 g/mol. The Hall–Kier alpha value is -1.31. The second kappa shape index (κ2) is 3.45. The number of aryl methyl sites for hydroxylation is 1. The number of carbonyl (C=O) groups is 1. The first-order chi connectivity index (χ1) is 6.68. The quantitative estimate of drug-likeness (QED) is 0.663. The van der Waals surface area contributed by atoms with Crippen molar-refractivity contribution < 1.29 is 4.79 Å². The molecule has 1 aromatic carbocycles. The number of amides is 1. The highest BCUT2D eigenvalue weighted by Gasteiger charge is 2.28. The van der Waals surface area contributed by atoms with Crippen LogP contribution in [0.3, 0.4) is 0 Å². The molecule has 14 heavy (non-hydrogen) atoms. The Morgan fingerprint density at radius 2 is 2.29 bits per heavy atom. The normalized spacial score (nSPS) is 20.4. The summed E-state index contributed by atoms with van der Waals surface area (Å²) in [6.07, 6.45) is 1.14. The molecule has 0 radical (unpaired) electrons. The zero-order chi connectivity index (χ0) is 10.1. The van der Waals surface area contributed by atoms with Gasteiger partial charge < -0.3 is 4.90 Å². The summed E-state index contributed by atoms with van der Waals surface area (Å²) < 4.78 is 0. The van der Waals surface area contributed by atoms with Crippen LogP contribution in [0.1, 0.15) is 29.3 Å². The number of benzene rings is 1. The molecule has 0 aliphatic carbocycles. The summed E-state index contributed by atoms with van der Waals surface area (Å²) in [4.78, 5) is 13.8. The summed E-state index contributed by atoms with van der Waals surface area (Å²) in [5, 5.41) is 0. The summed E-state index contributed by atoms with van der Waals surface area (Å²) in [6, 6.07) is 8.21. The molecule has 2 rings (SSSR count). The van der Waals surface area contributed by atoms with Crippen LogP contribution < -0.4 is 0 Å². The van der Waals surface area contributed by atoms with Crippen molar-refractivity contribution in [3.8, 4) is 0 Å². The molecule has 74 valence electrons. The summed E-state index contributed by atoms with van der Waals surface area (Å²) >= 11 is 0. The number of nitrogens with zero attached hydrogens (tertiary/aromatic N) is 1. The zero-order valence-electron chi connectivity index (χ0n) is 8.66. The third-order valence-electron chi connectivity index (χ3n) is 2.85. The molecule has 0 aromatic heterocycles. The third kappa shape index (κ3) is 1.52. The van der Waals surface area contributed by atoms with Gasteiger partial charge in [0.05, 0.1) is 0 Å². The minimum Gasteiger partial charge on any atom is -0.336 e. The van der Waals surface area contributed by atoms with E-state index in [2.05, 4.69) is 6.92 Å². The lowest BCUT2D eigenvalue weighted by Gasteiger charge is -2.38. The number of likely N-dealkylation sites (tertiary alicyclic amines) is 1. The molecule has 1 unspecified atom stereocenters. The van der Waals surface area contributed by atoms with Gasteiger partial charge in [0.15, 0.2) is 0 Å².